The number of nitrogens with one attached hydrogen (secondary N) is 1. The predicted molar refractivity (Wildman–Crippen MR) is 71.2 cm³/mol. The van der Waals surface area contributed by atoms with Gasteiger partial charge in [-0.3, -0.25) is 19.8 Å². The summed E-state index contributed by atoms with van der Waals surface area (Å²) in [5, 5.41) is 2.28. The SMILES string of the molecule is COc1ccc(CN2C(=O)NC(=O)C3(CCC3)C2=O)cn1. The molecular weight excluding hydrogens is 274 g/mol. The second-order valence-corrected chi connectivity index (χ2v) is 5.30. The summed E-state index contributed by atoms with van der Waals surface area (Å²) >= 11 is 0. The van der Waals surface area contributed by atoms with Crippen molar-refractivity contribution in [2.24, 2.45) is 5.41 Å². The van der Waals surface area contributed by atoms with Crippen molar-refractivity contribution in [3.8, 4) is 5.88 Å². The van der Waals surface area contributed by atoms with Gasteiger partial charge in [-0.25, -0.2) is 9.78 Å². The number of hydrogen-bond donors (Lipinski definition) is 1. The van der Waals surface area contributed by atoms with Crippen molar-refractivity contribution in [2.75, 3.05) is 7.11 Å². The fraction of sp³-hybridized carbons (Fsp3) is 0.429. The molecule has 7 heteroatoms. The maximum atomic E-state index is 12.5. The molecule has 0 unspecified atom stereocenters. The van der Waals surface area contributed by atoms with Crippen molar-refractivity contribution in [2.45, 2.75) is 25.8 Å². The summed E-state index contributed by atoms with van der Waals surface area (Å²) in [6, 6.07) is 2.72. The van der Waals surface area contributed by atoms with Crippen LogP contribution in [0, 0.1) is 5.41 Å². The molecule has 1 N–H and O–H groups in total. The fourth-order valence-electron chi connectivity index (χ4n) is 2.65. The molecule has 1 spiro atoms. The summed E-state index contributed by atoms with van der Waals surface area (Å²) in [5.74, 6) is -0.412. The highest BCUT2D eigenvalue weighted by molar-refractivity contribution is 6.19. The van der Waals surface area contributed by atoms with Crippen molar-refractivity contribution >= 4 is 17.8 Å². The van der Waals surface area contributed by atoms with E-state index in [1.807, 2.05) is 0 Å². The van der Waals surface area contributed by atoms with Crippen LogP contribution in [0.1, 0.15) is 24.8 Å². The van der Waals surface area contributed by atoms with Crippen LogP contribution in [0.3, 0.4) is 0 Å². The Morgan fingerprint density at radius 1 is 1.33 bits per heavy atom. The summed E-state index contributed by atoms with van der Waals surface area (Å²) < 4.78 is 4.96. The van der Waals surface area contributed by atoms with Crippen LogP contribution < -0.4 is 10.1 Å². The monoisotopic (exact) mass is 289 g/mol. The molecule has 0 bridgehead atoms. The number of carbonyl (C=O) groups is 3. The molecule has 1 saturated heterocycles. The maximum Gasteiger partial charge on any atom is 0.331 e. The Balaban J connectivity index is 1.81. The quantitative estimate of drug-likeness (QED) is 0.833. The zero-order chi connectivity index (χ0) is 15.0. The molecule has 4 amide bonds. The molecule has 21 heavy (non-hydrogen) atoms. The van der Waals surface area contributed by atoms with E-state index >= 15 is 0 Å². The molecule has 3 rings (SSSR count). The maximum absolute atomic E-state index is 12.5. The summed E-state index contributed by atoms with van der Waals surface area (Å²) in [6.45, 7) is 0.0939. The number of pyridine rings is 1. The summed E-state index contributed by atoms with van der Waals surface area (Å²) in [6.07, 6.45) is 3.37. The predicted octanol–water partition coefficient (Wildman–Crippen LogP) is 0.839. The number of imide groups is 2. The van der Waals surface area contributed by atoms with Crippen LogP contribution in [-0.4, -0.2) is 34.8 Å². The topological polar surface area (TPSA) is 88.6 Å². The minimum absolute atomic E-state index is 0.0939. The van der Waals surface area contributed by atoms with E-state index in [9.17, 15) is 14.4 Å². The van der Waals surface area contributed by atoms with Crippen LogP contribution in [0.25, 0.3) is 0 Å². The van der Waals surface area contributed by atoms with Gasteiger partial charge >= 0.3 is 6.03 Å². The van der Waals surface area contributed by atoms with E-state index in [0.717, 1.165) is 11.3 Å². The number of nitrogens with zero attached hydrogens (tertiary/aromatic N) is 2. The lowest BCUT2D eigenvalue weighted by atomic mass is 9.66. The Morgan fingerprint density at radius 3 is 2.62 bits per heavy atom. The van der Waals surface area contributed by atoms with Gasteiger partial charge in [0.05, 0.1) is 13.7 Å². The molecule has 7 nitrogen and oxygen atoms in total. The number of methoxy groups -OCH3 is 1. The molecule has 1 aliphatic heterocycles. The first kappa shape index (κ1) is 13.5. The first-order valence-electron chi connectivity index (χ1n) is 6.73. The Kier molecular flexibility index (Phi) is 3.12. The van der Waals surface area contributed by atoms with Gasteiger partial charge in [0.15, 0.2) is 0 Å². The number of carbonyl (C=O) groups excluding carboxylic acids is 3. The largest absolute Gasteiger partial charge is 0.481 e. The highest BCUT2D eigenvalue weighted by Crippen LogP contribution is 2.44. The number of amides is 4. The van der Waals surface area contributed by atoms with Crippen molar-refractivity contribution in [1.29, 1.82) is 0 Å². The van der Waals surface area contributed by atoms with Gasteiger partial charge in [-0.15, -0.1) is 0 Å². The Hall–Kier alpha value is -2.44. The first-order chi connectivity index (χ1) is 10.1. The van der Waals surface area contributed by atoms with Gasteiger partial charge in [0.2, 0.25) is 17.7 Å². The highest BCUT2D eigenvalue weighted by Gasteiger charge is 2.57. The van der Waals surface area contributed by atoms with Crippen LogP contribution in [0.4, 0.5) is 4.79 Å². The molecular formula is C14H15N3O4. The number of urea groups is 1. The second kappa shape index (κ2) is 4.83. The minimum atomic E-state index is -1.03. The Labute approximate surface area is 121 Å². The Bertz CT molecular complexity index is 607. The van der Waals surface area contributed by atoms with Gasteiger partial charge in [0.1, 0.15) is 5.41 Å². The minimum Gasteiger partial charge on any atom is -0.481 e. The second-order valence-electron chi connectivity index (χ2n) is 5.30. The normalized spacial score (nSPS) is 20.2. The first-order valence-corrected chi connectivity index (χ1v) is 6.73. The molecule has 0 atom stereocenters. The number of rotatable bonds is 3. The summed E-state index contributed by atoms with van der Waals surface area (Å²) in [5.41, 5.74) is -0.337. The van der Waals surface area contributed by atoms with Gasteiger partial charge in [-0.05, 0) is 18.4 Å². The van der Waals surface area contributed by atoms with E-state index in [-0.39, 0.29) is 6.54 Å². The van der Waals surface area contributed by atoms with Crippen molar-refractivity contribution in [3.63, 3.8) is 0 Å². The lowest BCUT2D eigenvalue weighted by Crippen LogP contribution is -2.65. The molecule has 0 aromatic carbocycles. The molecule has 2 aliphatic rings. The smallest absolute Gasteiger partial charge is 0.331 e. The standard InChI is InChI=1S/C14H15N3O4/c1-21-10-4-3-9(7-15-10)8-17-12(19)14(5-2-6-14)11(18)16-13(17)20/h3-4,7H,2,5-6,8H2,1H3,(H,16,18,20). The zero-order valence-corrected chi connectivity index (χ0v) is 11.6. The number of aromatic nitrogens is 1. The van der Waals surface area contributed by atoms with Gasteiger partial charge in [0.25, 0.3) is 0 Å². The van der Waals surface area contributed by atoms with Crippen LogP contribution in [0.2, 0.25) is 0 Å². The summed E-state index contributed by atoms with van der Waals surface area (Å²) in [4.78, 5) is 41.4. The van der Waals surface area contributed by atoms with Crippen molar-refractivity contribution in [3.05, 3.63) is 23.9 Å². The third-order valence-corrected chi connectivity index (χ3v) is 4.11. The fourth-order valence-corrected chi connectivity index (χ4v) is 2.65. The lowest BCUT2D eigenvalue weighted by molar-refractivity contribution is -0.158. The average molecular weight is 289 g/mol. The van der Waals surface area contributed by atoms with E-state index in [1.54, 1.807) is 18.3 Å². The highest BCUT2D eigenvalue weighted by atomic mass is 16.5. The molecule has 1 aliphatic carbocycles. The zero-order valence-electron chi connectivity index (χ0n) is 11.6. The summed E-state index contributed by atoms with van der Waals surface area (Å²) in [7, 11) is 1.51. The van der Waals surface area contributed by atoms with Crippen LogP contribution in [-0.2, 0) is 16.1 Å². The molecule has 110 valence electrons. The molecule has 2 heterocycles. The number of hydrogen-bond acceptors (Lipinski definition) is 5. The lowest BCUT2D eigenvalue weighted by Gasteiger charge is -2.44. The number of barbiturate groups is 1. The van der Waals surface area contributed by atoms with Crippen molar-refractivity contribution in [1.82, 2.24) is 15.2 Å². The average Bonchev–Trinajstić information content (AvgIpc) is 2.42. The molecule has 0 radical (unpaired) electrons. The van der Waals surface area contributed by atoms with Crippen LogP contribution >= 0.6 is 0 Å². The number of ether oxygens (including phenoxy) is 1. The molecule has 1 aromatic rings. The van der Waals surface area contributed by atoms with E-state index in [1.165, 1.54) is 7.11 Å². The third kappa shape index (κ3) is 2.05. The molecule has 1 aromatic heterocycles. The van der Waals surface area contributed by atoms with E-state index in [4.69, 9.17) is 4.74 Å². The molecule has 1 saturated carbocycles. The van der Waals surface area contributed by atoms with E-state index in [2.05, 4.69) is 10.3 Å². The Morgan fingerprint density at radius 2 is 2.10 bits per heavy atom. The molecule has 2 fully saturated rings. The van der Waals surface area contributed by atoms with Gasteiger partial charge < -0.3 is 4.74 Å². The van der Waals surface area contributed by atoms with Gasteiger partial charge in [-0.1, -0.05) is 12.5 Å². The van der Waals surface area contributed by atoms with Crippen LogP contribution in [0.5, 0.6) is 5.88 Å². The third-order valence-electron chi connectivity index (χ3n) is 4.11. The van der Waals surface area contributed by atoms with Crippen LogP contribution in [0.15, 0.2) is 18.3 Å². The van der Waals surface area contributed by atoms with Crippen molar-refractivity contribution < 1.29 is 19.1 Å². The van der Waals surface area contributed by atoms with E-state index < -0.39 is 23.3 Å². The van der Waals surface area contributed by atoms with Gasteiger partial charge in [0, 0.05) is 12.3 Å². The van der Waals surface area contributed by atoms with Gasteiger partial charge in [-0.2, -0.15) is 0 Å². The van der Waals surface area contributed by atoms with E-state index in [0.29, 0.717) is 24.3 Å².